The highest BCUT2D eigenvalue weighted by Crippen LogP contribution is 2.27. The van der Waals surface area contributed by atoms with Crippen molar-refractivity contribution in [1.82, 2.24) is 15.0 Å². The summed E-state index contributed by atoms with van der Waals surface area (Å²) in [6.07, 6.45) is 4.16. The maximum absolute atomic E-state index is 5.79. The van der Waals surface area contributed by atoms with Gasteiger partial charge in [-0.2, -0.15) is 11.3 Å². The molecule has 0 bridgehead atoms. The molecule has 20 heavy (non-hydrogen) atoms. The first-order chi connectivity index (χ1) is 9.74. The molecule has 0 unspecified atom stereocenters. The van der Waals surface area contributed by atoms with Crippen LogP contribution in [0.1, 0.15) is 11.3 Å². The van der Waals surface area contributed by atoms with Crippen molar-refractivity contribution in [2.45, 2.75) is 6.42 Å². The SMILES string of the molecule is Nc1nc(Cc2ccncc2)c(-c2ccsc2)nc1N. The van der Waals surface area contributed by atoms with Gasteiger partial charge >= 0.3 is 0 Å². The quantitative estimate of drug-likeness (QED) is 0.770. The van der Waals surface area contributed by atoms with Crippen LogP contribution in [0.5, 0.6) is 0 Å². The number of nitrogen functional groups attached to an aromatic ring is 2. The lowest BCUT2D eigenvalue weighted by molar-refractivity contribution is 1.04. The Balaban J connectivity index is 2.07. The van der Waals surface area contributed by atoms with Gasteiger partial charge in [0.25, 0.3) is 0 Å². The van der Waals surface area contributed by atoms with Crippen LogP contribution in [-0.2, 0) is 6.42 Å². The van der Waals surface area contributed by atoms with E-state index in [1.54, 1.807) is 23.7 Å². The zero-order valence-electron chi connectivity index (χ0n) is 10.7. The number of anilines is 2. The van der Waals surface area contributed by atoms with E-state index in [4.69, 9.17) is 11.5 Å². The molecule has 3 aromatic rings. The minimum absolute atomic E-state index is 0.268. The van der Waals surface area contributed by atoms with Crippen LogP contribution in [0.15, 0.2) is 41.4 Å². The Morgan fingerprint density at radius 2 is 1.75 bits per heavy atom. The van der Waals surface area contributed by atoms with Gasteiger partial charge in [0.15, 0.2) is 11.6 Å². The number of rotatable bonds is 3. The summed E-state index contributed by atoms with van der Waals surface area (Å²) in [5.41, 5.74) is 15.3. The topological polar surface area (TPSA) is 90.7 Å². The number of thiophene rings is 1. The molecule has 0 amide bonds. The Morgan fingerprint density at radius 3 is 2.45 bits per heavy atom. The van der Waals surface area contributed by atoms with Gasteiger partial charge in [-0.25, -0.2) is 9.97 Å². The molecule has 0 saturated carbocycles. The summed E-state index contributed by atoms with van der Waals surface area (Å²) in [6.45, 7) is 0. The molecule has 0 aliphatic heterocycles. The van der Waals surface area contributed by atoms with Crippen LogP contribution in [0, 0.1) is 0 Å². The molecule has 3 heterocycles. The molecule has 6 heteroatoms. The summed E-state index contributed by atoms with van der Waals surface area (Å²) in [4.78, 5) is 12.8. The molecule has 5 nitrogen and oxygen atoms in total. The van der Waals surface area contributed by atoms with Gasteiger partial charge < -0.3 is 11.5 Å². The van der Waals surface area contributed by atoms with E-state index in [9.17, 15) is 0 Å². The summed E-state index contributed by atoms with van der Waals surface area (Å²) < 4.78 is 0. The van der Waals surface area contributed by atoms with Crippen molar-refractivity contribution < 1.29 is 0 Å². The summed E-state index contributed by atoms with van der Waals surface area (Å²) in [7, 11) is 0. The van der Waals surface area contributed by atoms with Crippen molar-refractivity contribution in [2.24, 2.45) is 0 Å². The van der Waals surface area contributed by atoms with E-state index < -0.39 is 0 Å². The molecular formula is C14H13N5S. The number of pyridine rings is 1. The van der Waals surface area contributed by atoms with Gasteiger partial charge in [-0.3, -0.25) is 4.98 Å². The number of nitrogens with zero attached hydrogens (tertiary/aromatic N) is 3. The van der Waals surface area contributed by atoms with Crippen molar-refractivity contribution in [3.05, 3.63) is 52.6 Å². The van der Waals surface area contributed by atoms with E-state index in [1.165, 1.54) is 0 Å². The van der Waals surface area contributed by atoms with Crippen LogP contribution in [0.25, 0.3) is 11.3 Å². The van der Waals surface area contributed by atoms with E-state index in [0.29, 0.717) is 6.42 Å². The zero-order chi connectivity index (χ0) is 13.9. The number of nitrogens with two attached hydrogens (primary N) is 2. The molecule has 0 radical (unpaired) electrons. The maximum atomic E-state index is 5.79. The van der Waals surface area contributed by atoms with E-state index in [2.05, 4.69) is 15.0 Å². The average Bonchev–Trinajstić information content (AvgIpc) is 2.98. The van der Waals surface area contributed by atoms with Gasteiger partial charge in [0.05, 0.1) is 11.4 Å². The molecule has 0 aromatic carbocycles. The zero-order valence-corrected chi connectivity index (χ0v) is 11.5. The monoisotopic (exact) mass is 283 g/mol. The lowest BCUT2D eigenvalue weighted by atomic mass is 10.1. The van der Waals surface area contributed by atoms with Gasteiger partial charge in [-0.05, 0) is 29.1 Å². The lowest BCUT2D eigenvalue weighted by Crippen LogP contribution is -2.07. The number of aromatic nitrogens is 3. The van der Waals surface area contributed by atoms with E-state index in [0.717, 1.165) is 22.5 Å². The first kappa shape index (κ1) is 12.6. The molecule has 100 valence electrons. The average molecular weight is 283 g/mol. The smallest absolute Gasteiger partial charge is 0.166 e. The molecule has 0 spiro atoms. The molecule has 0 aliphatic carbocycles. The lowest BCUT2D eigenvalue weighted by Gasteiger charge is -2.09. The van der Waals surface area contributed by atoms with Crippen molar-refractivity contribution in [3.63, 3.8) is 0 Å². The number of hydrogen-bond donors (Lipinski definition) is 2. The minimum atomic E-state index is 0.268. The Hall–Kier alpha value is -2.47. The predicted octanol–water partition coefficient (Wildman–Crippen LogP) is 2.36. The van der Waals surface area contributed by atoms with E-state index in [1.807, 2.05) is 29.0 Å². The minimum Gasteiger partial charge on any atom is -0.381 e. The third-order valence-electron chi connectivity index (χ3n) is 2.94. The fourth-order valence-electron chi connectivity index (χ4n) is 1.95. The van der Waals surface area contributed by atoms with Gasteiger partial charge in [0.1, 0.15) is 0 Å². The van der Waals surface area contributed by atoms with E-state index in [-0.39, 0.29) is 11.6 Å². The number of hydrogen-bond acceptors (Lipinski definition) is 6. The molecule has 0 fully saturated rings. The third-order valence-corrected chi connectivity index (χ3v) is 3.62. The second-order valence-electron chi connectivity index (χ2n) is 4.33. The molecular weight excluding hydrogens is 270 g/mol. The van der Waals surface area contributed by atoms with Crippen LogP contribution in [-0.4, -0.2) is 15.0 Å². The van der Waals surface area contributed by atoms with Crippen molar-refractivity contribution >= 4 is 23.0 Å². The third kappa shape index (κ3) is 2.46. The van der Waals surface area contributed by atoms with Crippen molar-refractivity contribution in [1.29, 1.82) is 0 Å². The van der Waals surface area contributed by atoms with Crippen LogP contribution >= 0.6 is 11.3 Å². The summed E-state index contributed by atoms with van der Waals surface area (Å²) in [6, 6.07) is 5.90. The molecule has 0 saturated heterocycles. The van der Waals surface area contributed by atoms with Crippen molar-refractivity contribution in [3.8, 4) is 11.3 Å². The first-order valence-corrected chi connectivity index (χ1v) is 7.01. The molecule has 3 rings (SSSR count). The normalized spacial score (nSPS) is 10.6. The molecule has 0 aliphatic rings. The standard InChI is InChI=1S/C14H13N5S/c15-13-14(16)19-12(10-3-6-20-8-10)11(18-13)7-9-1-4-17-5-2-9/h1-6,8H,7H2,(H2,15,18)(H2,16,19). The van der Waals surface area contributed by atoms with Gasteiger partial charge in [-0.15, -0.1) is 0 Å². The maximum Gasteiger partial charge on any atom is 0.166 e. The van der Waals surface area contributed by atoms with E-state index >= 15 is 0 Å². The Morgan fingerprint density at radius 1 is 1.00 bits per heavy atom. The second kappa shape index (κ2) is 5.26. The van der Waals surface area contributed by atoms with Gasteiger partial charge in [0, 0.05) is 29.8 Å². The summed E-state index contributed by atoms with van der Waals surface area (Å²) in [5.74, 6) is 0.540. The Kier molecular flexibility index (Phi) is 3.30. The highest BCUT2D eigenvalue weighted by Gasteiger charge is 2.13. The highest BCUT2D eigenvalue weighted by atomic mass is 32.1. The Labute approximate surface area is 120 Å². The highest BCUT2D eigenvalue weighted by molar-refractivity contribution is 7.08. The first-order valence-electron chi connectivity index (χ1n) is 6.07. The van der Waals surface area contributed by atoms with Crippen LogP contribution < -0.4 is 11.5 Å². The largest absolute Gasteiger partial charge is 0.381 e. The van der Waals surface area contributed by atoms with Crippen molar-refractivity contribution in [2.75, 3.05) is 11.5 Å². The van der Waals surface area contributed by atoms with Gasteiger partial charge in [0.2, 0.25) is 0 Å². The molecule has 3 aromatic heterocycles. The predicted molar refractivity (Wildman–Crippen MR) is 81.2 cm³/mol. The fraction of sp³-hybridized carbons (Fsp3) is 0.0714. The summed E-state index contributed by atoms with van der Waals surface area (Å²) >= 11 is 1.61. The fourth-order valence-corrected chi connectivity index (χ4v) is 2.59. The summed E-state index contributed by atoms with van der Waals surface area (Å²) in [5, 5.41) is 4.02. The molecule has 0 atom stereocenters. The Bertz CT molecular complexity index is 710. The van der Waals surface area contributed by atoms with Crippen LogP contribution in [0.3, 0.4) is 0 Å². The molecule has 4 N–H and O–H groups in total. The van der Waals surface area contributed by atoms with Crippen LogP contribution in [0.4, 0.5) is 11.6 Å². The van der Waals surface area contributed by atoms with Gasteiger partial charge in [-0.1, -0.05) is 0 Å². The van der Waals surface area contributed by atoms with Crippen LogP contribution in [0.2, 0.25) is 0 Å². The second-order valence-corrected chi connectivity index (χ2v) is 5.11.